The van der Waals surface area contributed by atoms with Crippen molar-refractivity contribution >= 4 is 5.97 Å². The van der Waals surface area contributed by atoms with E-state index in [0.29, 0.717) is 23.7 Å². The van der Waals surface area contributed by atoms with Gasteiger partial charge in [0, 0.05) is 11.6 Å². The molecule has 1 aliphatic rings. The quantitative estimate of drug-likeness (QED) is 0.214. The van der Waals surface area contributed by atoms with E-state index in [4.69, 9.17) is 19.9 Å². The molecule has 1 aliphatic heterocycles. The highest BCUT2D eigenvalue weighted by molar-refractivity contribution is 5.84. The van der Waals surface area contributed by atoms with E-state index in [9.17, 15) is 10.1 Å². The van der Waals surface area contributed by atoms with E-state index in [2.05, 4.69) is 13.0 Å². The predicted molar refractivity (Wildman–Crippen MR) is 148 cm³/mol. The maximum absolute atomic E-state index is 13.5. The second kappa shape index (κ2) is 11.6. The van der Waals surface area contributed by atoms with E-state index >= 15 is 0 Å². The minimum absolute atomic E-state index is 0.0243. The number of rotatable bonds is 8. The molecule has 6 nitrogen and oxygen atoms in total. The van der Waals surface area contributed by atoms with Gasteiger partial charge in [-0.1, -0.05) is 85.8 Å². The lowest BCUT2D eigenvalue weighted by Gasteiger charge is -2.27. The molecule has 0 spiro atoms. The van der Waals surface area contributed by atoms with E-state index in [1.165, 1.54) is 0 Å². The second-order valence-corrected chi connectivity index (χ2v) is 9.22. The van der Waals surface area contributed by atoms with Gasteiger partial charge in [-0.2, -0.15) is 5.26 Å². The van der Waals surface area contributed by atoms with Crippen LogP contribution in [0.25, 0.3) is 0 Å². The number of nitrogens with zero attached hydrogens (tertiary/aromatic N) is 1. The van der Waals surface area contributed by atoms with Crippen molar-refractivity contribution < 1.29 is 19.0 Å². The molecule has 0 amide bonds. The molecule has 0 saturated carbocycles. The third-order valence-corrected chi connectivity index (χ3v) is 6.60. The lowest BCUT2D eigenvalue weighted by Crippen LogP contribution is -2.22. The summed E-state index contributed by atoms with van der Waals surface area (Å²) in [5, 5.41) is 9.88. The fraction of sp³-hybridized carbons (Fsp3) is 0.152. The van der Waals surface area contributed by atoms with Gasteiger partial charge in [0.25, 0.3) is 0 Å². The molecule has 5 rings (SSSR count). The molecule has 1 atom stereocenters. The van der Waals surface area contributed by atoms with Crippen molar-refractivity contribution in [3.8, 4) is 23.3 Å². The summed E-state index contributed by atoms with van der Waals surface area (Å²) < 4.78 is 17.4. The van der Waals surface area contributed by atoms with Gasteiger partial charge in [0.2, 0.25) is 5.88 Å². The topological polar surface area (TPSA) is 94.6 Å². The Hall–Kier alpha value is -5.02. The first-order chi connectivity index (χ1) is 19.1. The highest BCUT2D eigenvalue weighted by Gasteiger charge is 2.32. The maximum atomic E-state index is 13.5. The predicted octanol–water partition coefficient (Wildman–Crippen LogP) is 6.43. The average Bonchev–Trinajstić information content (AvgIpc) is 2.97. The standard InChI is InChI=1S/C33H28N2O4/c1-2-19-37-25-15-13-24(14-16-25)31-27-18-17-26(20-29(27)39-32(35)28(31)21-34)38-33(36)30(22-9-5-3-6-10-22)23-11-7-4-8-12-23/h3-18,20,30-31H,2,19,35H2,1H3. The van der Waals surface area contributed by atoms with Crippen molar-refractivity contribution in [3.05, 3.63) is 137 Å². The van der Waals surface area contributed by atoms with Crippen molar-refractivity contribution in [3.63, 3.8) is 0 Å². The molecule has 0 saturated heterocycles. The zero-order valence-electron chi connectivity index (χ0n) is 21.5. The highest BCUT2D eigenvalue weighted by atomic mass is 16.5. The van der Waals surface area contributed by atoms with Crippen LogP contribution in [0, 0.1) is 11.3 Å². The lowest BCUT2D eigenvalue weighted by molar-refractivity contribution is -0.135. The van der Waals surface area contributed by atoms with Gasteiger partial charge in [-0.25, -0.2) is 0 Å². The van der Waals surface area contributed by atoms with Gasteiger partial charge < -0.3 is 19.9 Å². The van der Waals surface area contributed by atoms with Crippen LogP contribution in [0.1, 0.15) is 47.4 Å². The van der Waals surface area contributed by atoms with E-state index in [1.54, 1.807) is 12.1 Å². The van der Waals surface area contributed by atoms with Crippen LogP contribution < -0.4 is 19.9 Å². The van der Waals surface area contributed by atoms with Crippen LogP contribution in [-0.2, 0) is 4.79 Å². The maximum Gasteiger partial charge on any atom is 0.323 e. The second-order valence-electron chi connectivity index (χ2n) is 9.22. The van der Waals surface area contributed by atoms with Gasteiger partial charge in [0.15, 0.2) is 0 Å². The minimum atomic E-state index is -0.597. The van der Waals surface area contributed by atoms with E-state index in [-0.39, 0.29) is 5.88 Å². The van der Waals surface area contributed by atoms with Crippen LogP contribution in [0.2, 0.25) is 0 Å². The van der Waals surface area contributed by atoms with Crippen LogP contribution in [0.4, 0.5) is 0 Å². The number of fused-ring (bicyclic) bond motifs is 1. The third-order valence-electron chi connectivity index (χ3n) is 6.60. The number of benzene rings is 4. The molecule has 0 bridgehead atoms. The summed E-state index contributed by atoms with van der Waals surface area (Å²) in [6.07, 6.45) is 0.914. The summed E-state index contributed by atoms with van der Waals surface area (Å²) in [6.45, 7) is 2.68. The Morgan fingerprint density at radius 3 is 2.13 bits per heavy atom. The number of nitriles is 1. The first-order valence-corrected chi connectivity index (χ1v) is 12.8. The van der Waals surface area contributed by atoms with E-state index in [1.807, 2.05) is 91.0 Å². The Morgan fingerprint density at radius 1 is 0.923 bits per heavy atom. The van der Waals surface area contributed by atoms with E-state index < -0.39 is 17.8 Å². The normalized spacial score (nSPS) is 14.2. The smallest absolute Gasteiger partial charge is 0.323 e. The van der Waals surface area contributed by atoms with Gasteiger partial charge in [-0.05, 0) is 41.3 Å². The summed E-state index contributed by atoms with van der Waals surface area (Å²) in [6, 6.07) is 34.0. The highest BCUT2D eigenvalue weighted by Crippen LogP contribution is 2.44. The molecule has 1 heterocycles. The first kappa shape index (κ1) is 25.6. The van der Waals surface area contributed by atoms with Gasteiger partial charge in [-0.15, -0.1) is 0 Å². The molecule has 0 aromatic heterocycles. The molecular weight excluding hydrogens is 488 g/mol. The summed E-state index contributed by atoms with van der Waals surface area (Å²) in [5.41, 5.74) is 9.80. The Bertz CT molecular complexity index is 1480. The Balaban J connectivity index is 1.45. The number of ether oxygens (including phenoxy) is 3. The zero-order valence-corrected chi connectivity index (χ0v) is 21.5. The Kier molecular flexibility index (Phi) is 7.60. The van der Waals surface area contributed by atoms with Gasteiger partial charge in [0.1, 0.15) is 34.8 Å². The minimum Gasteiger partial charge on any atom is -0.494 e. The average molecular weight is 517 g/mol. The monoisotopic (exact) mass is 516 g/mol. The number of hydrogen-bond donors (Lipinski definition) is 1. The van der Waals surface area contributed by atoms with Gasteiger partial charge >= 0.3 is 5.97 Å². The lowest BCUT2D eigenvalue weighted by atomic mass is 9.83. The number of nitrogens with two attached hydrogens (primary N) is 1. The fourth-order valence-corrected chi connectivity index (χ4v) is 4.75. The summed E-state index contributed by atoms with van der Waals surface area (Å²) in [5.74, 6) is 0.109. The molecule has 2 N–H and O–H groups in total. The van der Waals surface area contributed by atoms with Crippen molar-refractivity contribution in [2.75, 3.05) is 6.61 Å². The molecule has 194 valence electrons. The molecule has 0 fully saturated rings. The number of allylic oxidation sites excluding steroid dienone is 1. The first-order valence-electron chi connectivity index (χ1n) is 12.8. The molecule has 4 aromatic carbocycles. The van der Waals surface area contributed by atoms with Crippen molar-refractivity contribution in [1.82, 2.24) is 0 Å². The van der Waals surface area contributed by atoms with Crippen LogP contribution in [0.5, 0.6) is 17.2 Å². The molecular formula is C33H28N2O4. The van der Waals surface area contributed by atoms with Crippen molar-refractivity contribution in [2.45, 2.75) is 25.2 Å². The van der Waals surface area contributed by atoms with Gasteiger partial charge in [-0.3, -0.25) is 4.79 Å². The summed E-state index contributed by atoms with van der Waals surface area (Å²) in [7, 11) is 0. The Labute approximate surface area is 227 Å². The van der Waals surface area contributed by atoms with Crippen LogP contribution >= 0.6 is 0 Å². The SMILES string of the molecule is CCCOc1ccc(C2C(C#N)=C(N)Oc3cc(OC(=O)C(c4ccccc4)c4ccccc4)ccc32)cc1. The van der Waals surface area contributed by atoms with Crippen molar-refractivity contribution in [1.29, 1.82) is 5.26 Å². The van der Waals surface area contributed by atoms with E-state index in [0.717, 1.165) is 34.4 Å². The molecule has 4 aromatic rings. The summed E-state index contributed by atoms with van der Waals surface area (Å²) in [4.78, 5) is 13.5. The number of esters is 1. The van der Waals surface area contributed by atoms with Crippen LogP contribution in [-0.4, -0.2) is 12.6 Å². The molecule has 0 aliphatic carbocycles. The summed E-state index contributed by atoms with van der Waals surface area (Å²) >= 11 is 0. The zero-order chi connectivity index (χ0) is 27.2. The molecule has 0 radical (unpaired) electrons. The number of carbonyl (C=O) groups is 1. The Morgan fingerprint density at radius 2 is 1.54 bits per heavy atom. The van der Waals surface area contributed by atoms with Gasteiger partial charge in [0.05, 0.1) is 12.5 Å². The largest absolute Gasteiger partial charge is 0.494 e. The van der Waals surface area contributed by atoms with Crippen LogP contribution in [0.3, 0.4) is 0 Å². The van der Waals surface area contributed by atoms with Crippen LogP contribution in [0.15, 0.2) is 115 Å². The third kappa shape index (κ3) is 5.48. The van der Waals surface area contributed by atoms with Crippen molar-refractivity contribution in [2.24, 2.45) is 5.73 Å². The number of hydrogen-bond acceptors (Lipinski definition) is 6. The molecule has 39 heavy (non-hydrogen) atoms. The molecule has 6 heteroatoms. The fourth-order valence-electron chi connectivity index (χ4n) is 4.75. The molecule has 1 unspecified atom stereocenters. The number of carbonyl (C=O) groups excluding carboxylic acids is 1.